The lowest BCUT2D eigenvalue weighted by Gasteiger charge is -2.19. The third-order valence-electron chi connectivity index (χ3n) is 2.50. The second kappa shape index (κ2) is 5.51. The highest BCUT2D eigenvalue weighted by atomic mass is 16.1. The van der Waals surface area contributed by atoms with Gasteiger partial charge < -0.3 is 5.73 Å². The topological polar surface area (TPSA) is 55.1 Å². The molecule has 1 aromatic rings. The molecular formula is C12H18N2O. The molecule has 15 heavy (non-hydrogen) atoms. The van der Waals surface area contributed by atoms with Crippen molar-refractivity contribution in [2.45, 2.75) is 32.4 Å². The Balaban J connectivity index is 2.62. The highest BCUT2D eigenvalue weighted by Crippen LogP contribution is 2.12. The van der Waals surface area contributed by atoms with Crippen LogP contribution >= 0.6 is 0 Å². The fraction of sp³-hybridized carbons (Fsp3) is 0.417. The summed E-state index contributed by atoms with van der Waals surface area (Å²) in [6, 6.07) is 9.90. The van der Waals surface area contributed by atoms with Gasteiger partial charge in [-0.25, -0.2) is 0 Å². The van der Waals surface area contributed by atoms with Gasteiger partial charge in [-0.1, -0.05) is 37.3 Å². The van der Waals surface area contributed by atoms with Crippen LogP contribution in [0.1, 0.15) is 31.9 Å². The molecule has 0 aliphatic rings. The summed E-state index contributed by atoms with van der Waals surface area (Å²) in [4.78, 5) is 11.1. The van der Waals surface area contributed by atoms with Gasteiger partial charge in [0.05, 0.1) is 6.04 Å². The van der Waals surface area contributed by atoms with Gasteiger partial charge in [0, 0.05) is 6.04 Å². The Morgan fingerprint density at radius 1 is 1.40 bits per heavy atom. The van der Waals surface area contributed by atoms with Crippen molar-refractivity contribution in [3.8, 4) is 0 Å². The molecule has 0 bridgehead atoms. The molecule has 0 spiro atoms. The molecule has 0 fully saturated rings. The molecule has 2 atom stereocenters. The maximum Gasteiger partial charge on any atom is 0.234 e. The first-order valence-electron chi connectivity index (χ1n) is 5.25. The lowest BCUT2D eigenvalue weighted by molar-refractivity contribution is -0.120. The lowest BCUT2D eigenvalue weighted by Crippen LogP contribution is -2.41. The summed E-state index contributed by atoms with van der Waals surface area (Å²) in [6.07, 6.45) is 0.715. The third kappa shape index (κ3) is 3.36. The van der Waals surface area contributed by atoms with Crippen LogP contribution in [0.2, 0.25) is 0 Å². The zero-order valence-corrected chi connectivity index (χ0v) is 9.23. The molecular weight excluding hydrogens is 188 g/mol. The van der Waals surface area contributed by atoms with Gasteiger partial charge in [0.25, 0.3) is 0 Å². The number of benzene rings is 1. The van der Waals surface area contributed by atoms with E-state index in [1.165, 1.54) is 0 Å². The van der Waals surface area contributed by atoms with Gasteiger partial charge in [-0.2, -0.15) is 0 Å². The maximum atomic E-state index is 11.1. The van der Waals surface area contributed by atoms with Gasteiger partial charge >= 0.3 is 0 Å². The molecule has 0 saturated carbocycles. The number of nitrogens with two attached hydrogens (primary N) is 1. The van der Waals surface area contributed by atoms with Gasteiger partial charge in [0.2, 0.25) is 5.91 Å². The maximum absolute atomic E-state index is 11.1. The highest BCUT2D eigenvalue weighted by molar-refractivity contribution is 5.79. The van der Waals surface area contributed by atoms with E-state index in [-0.39, 0.29) is 18.0 Å². The van der Waals surface area contributed by atoms with Crippen molar-refractivity contribution >= 4 is 5.91 Å². The minimum absolute atomic E-state index is 0.142. The summed E-state index contributed by atoms with van der Waals surface area (Å²) in [5.74, 6) is -0.291. The number of carbonyl (C=O) groups excluding carboxylic acids is 1. The van der Waals surface area contributed by atoms with Crippen molar-refractivity contribution in [1.29, 1.82) is 0 Å². The summed E-state index contributed by atoms with van der Waals surface area (Å²) in [5, 5.41) is 3.21. The first kappa shape index (κ1) is 11.7. The van der Waals surface area contributed by atoms with Crippen molar-refractivity contribution < 1.29 is 4.79 Å². The molecule has 0 aliphatic heterocycles. The molecule has 1 amide bonds. The summed E-state index contributed by atoms with van der Waals surface area (Å²) in [5.41, 5.74) is 6.44. The Bertz CT molecular complexity index is 311. The lowest BCUT2D eigenvalue weighted by atomic mass is 10.1. The summed E-state index contributed by atoms with van der Waals surface area (Å²) in [7, 11) is 0. The number of carbonyl (C=O) groups is 1. The molecule has 0 heterocycles. The van der Waals surface area contributed by atoms with Crippen LogP contribution < -0.4 is 11.1 Å². The zero-order valence-electron chi connectivity index (χ0n) is 9.23. The third-order valence-corrected chi connectivity index (χ3v) is 2.50. The first-order chi connectivity index (χ1) is 7.15. The van der Waals surface area contributed by atoms with E-state index < -0.39 is 0 Å². The molecule has 3 N–H and O–H groups in total. The van der Waals surface area contributed by atoms with E-state index in [4.69, 9.17) is 5.73 Å². The smallest absolute Gasteiger partial charge is 0.234 e. The van der Waals surface area contributed by atoms with E-state index in [1.807, 2.05) is 44.2 Å². The monoisotopic (exact) mass is 206 g/mol. The van der Waals surface area contributed by atoms with Crippen molar-refractivity contribution in [2.24, 2.45) is 5.73 Å². The van der Waals surface area contributed by atoms with Crippen LogP contribution in [0.25, 0.3) is 0 Å². The van der Waals surface area contributed by atoms with Gasteiger partial charge in [-0.3, -0.25) is 10.1 Å². The van der Waals surface area contributed by atoms with Crippen LogP contribution in [0, 0.1) is 0 Å². The number of hydrogen-bond donors (Lipinski definition) is 2. The van der Waals surface area contributed by atoms with Crippen LogP contribution in [0.5, 0.6) is 0 Å². The summed E-state index contributed by atoms with van der Waals surface area (Å²) >= 11 is 0. The molecule has 1 unspecified atom stereocenters. The Hall–Kier alpha value is -1.35. The molecule has 1 rings (SSSR count). The van der Waals surface area contributed by atoms with Crippen molar-refractivity contribution in [3.63, 3.8) is 0 Å². The quantitative estimate of drug-likeness (QED) is 0.769. The average molecular weight is 206 g/mol. The zero-order chi connectivity index (χ0) is 11.3. The van der Waals surface area contributed by atoms with Crippen molar-refractivity contribution in [2.75, 3.05) is 0 Å². The van der Waals surface area contributed by atoms with Crippen LogP contribution in [0.15, 0.2) is 30.3 Å². The van der Waals surface area contributed by atoms with Crippen molar-refractivity contribution in [3.05, 3.63) is 35.9 Å². The number of amides is 1. The molecule has 3 heteroatoms. The molecule has 1 aromatic carbocycles. The minimum atomic E-state index is -0.291. The van der Waals surface area contributed by atoms with Crippen LogP contribution in [-0.4, -0.2) is 11.9 Å². The van der Waals surface area contributed by atoms with Gasteiger partial charge in [-0.05, 0) is 18.9 Å². The van der Waals surface area contributed by atoms with E-state index >= 15 is 0 Å². The number of nitrogens with one attached hydrogen (secondary N) is 1. The fourth-order valence-corrected chi connectivity index (χ4v) is 1.54. The van der Waals surface area contributed by atoms with E-state index in [2.05, 4.69) is 5.32 Å². The standard InChI is InChI=1S/C12H18N2O/c1-3-11(12(13)15)14-9(2)10-7-5-4-6-8-10/h4-9,11,14H,3H2,1-2H3,(H2,13,15)/t9-,11?/m0/s1. The van der Waals surface area contributed by atoms with Gasteiger partial charge in [-0.15, -0.1) is 0 Å². The Morgan fingerprint density at radius 2 is 2.00 bits per heavy atom. The Labute approximate surface area is 90.7 Å². The van der Waals surface area contributed by atoms with Crippen LogP contribution in [-0.2, 0) is 4.79 Å². The SMILES string of the molecule is CCC(N[C@@H](C)c1ccccc1)C(N)=O. The number of rotatable bonds is 5. The largest absolute Gasteiger partial charge is 0.368 e. The van der Waals surface area contributed by atoms with Gasteiger partial charge in [0.15, 0.2) is 0 Å². The molecule has 0 radical (unpaired) electrons. The van der Waals surface area contributed by atoms with Crippen LogP contribution in [0.3, 0.4) is 0 Å². The average Bonchev–Trinajstić information content (AvgIpc) is 2.26. The number of primary amides is 1. The Morgan fingerprint density at radius 3 is 2.47 bits per heavy atom. The normalized spacial score (nSPS) is 14.5. The molecule has 3 nitrogen and oxygen atoms in total. The van der Waals surface area contributed by atoms with E-state index in [1.54, 1.807) is 0 Å². The fourth-order valence-electron chi connectivity index (χ4n) is 1.54. The second-order valence-electron chi connectivity index (χ2n) is 3.66. The van der Waals surface area contributed by atoms with E-state index in [0.29, 0.717) is 6.42 Å². The predicted octanol–water partition coefficient (Wildman–Crippen LogP) is 1.60. The molecule has 82 valence electrons. The van der Waals surface area contributed by atoms with E-state index in [0.717, 1.165) is 5.56 Å². The second-order valence-corrected chi connectivity index (χ2v) is 3.66. The predicted molar refractivity (Wildman–Crippen MR) is 61.3 cm³/mol. The minimum Gasteiger partial charge on any atom is -0.368 e. The first-order valence-corrected chi connectivity index (χ1v) is 5.25. The van der Waals surface area contributed by atoms with Gasteiger partial charge in [0.1, 0.15) is 0 Å². The van der Waals surface area contributed by atoms with E-state index in [9.17, 15) is 4.79 Å². The van der Waals surface area contributed by atoms with Crippen LogP contribution in [0.4, 0.5) is 0 Å². The summed E-state index contributed by atoms with van der Waals surface area (Å²) < 4.78 is 0. The molecule has 0 saturated heterocycles. The molecule has 0 aliphatic carbocycles. The Kier molecular flexibility index (Phi) is 4.31. The molecule has 0 aromatic heterocycles. The highest BCUT2D eigenvalue weighted by Gasteiger charge is 2.15. The number of hydrogen-bond acceptors (Lipinski definition) is 2. The van der Waals surface area contributed by atoms with Crippen molar-refractivity contribution in [1.82, 2.24) is 5.32 Å². The summed E-state index contributed by atoms with van der Waals surface area (Å²) in [6.45, 7) is 3.97.